The minimum atomic E-state index is 0.938. The van der Waals surface area contributed by atoms with Crippen LogP contribution in [0.5, 0.6) is 0 Å². The molecule has 0 unspecified atom stereocenters. The van der Waals surface area contributed by atoms with Crippen molar-refractivity contribution in [2.24, 2.45) is 4.99 Å². The quantitative estimate of drug-likeness (QED) is 0.481. The Morgan fingerprint density at radius 2 is 2.40 bits per heavy atom. The van der Waals surface area contributed by atoms with Gasteiger partial charge in [0.25, 0.3) is 0 Å². The van der Waals surface area contributed by atoms with Crippen LogP contribution < -0.4 is 0 Å². The summed E-state index contributed by atoms with van der Waals surface area (Å²) in [7, 11) is 0. The fraction of sp³-hybridized carbons (Fsp3) is 0.222. The number of rotatable bonds is 0. The van der Waals surface area contributed by atoms with Crippen molar-refractivity contribution < 1.29 is 0 Å². The van der Waals surface area contributed by atoms with Crippen LogP contribution in [0.25, 0.3) is 0 Å². The summed E-state index contributed by atoms with van der Waals surface area (Å²) in [5.74, 6) is 0. The van der Waals surface area contributed by atoms with Crippen LogP contribution in [0.3, 0.4) is 0 Å². The summed E-state index contributed by atoms with van der Waals surface area (Å²) in [6.45, 7) is 5.93. The van der Waals surface area contributed by atoms with E-state index >= 15 is 0 Å². The molecule has 0 atom stereocenters. The van der Waals surface area contributed by atoms with Gasteiger partial charge in [0.1, 0.15) is 0 Å². The Hall–Kier alpha value is -1.11. The number of aliphatic imine (C=N–C) groups is 1. The van der Waals surface area contributed by atoms with Gasteiger partial charge in [-0.25, -0.2) is 0 Å². The molecule has 1 aliphatic rings. The molecule has 0 bridgehead atoms. The van der Waals surface area contributed by atoms with Crippen LogP contribution in [0.1, 0.15) is 13.3 Å². The third-order valence-electron chi connectivity index (χ3n) is 1.32. The third kappa shape index (κ3) is 2.02. The van der Waals surface area contributed by atoms with Crippen molar-refractivity contribution in [2.45, 2.75) is 13.3 Å². The Balaban J connectivity index is 2.79. The highest BCUT2D eigenvalue weighted by Crippen LogP contribution is 2.08. The summed E-state index contributed by atoms with van der Waals surface area (Å²) < 4.78 is 0. The fourth-order valence-electron chi connectivity index (χ4n) is 0.868. The van der Waals surface area contributed by atoms with E-state index < -0.39 is 0 Å². The van der Waals surface area contributed by atoms with Crippen LogP contribution >= 0.6 is 0 Å². The van der Waals surface area contributed by atoms with E-state index in [4.69, 9.17) is 0 Å². The Kier molecular flexibility index (Phi) is 2.21. The minimum Gasteiger partial charge on any atom is -0.264 e. The van der Waals surface area contributed by atoms with E-state index in [1.54, 1.807) is 12.4 Å². The molecule has 1 rings (SSSR count). The number of hydrogen-bond donors (Lipinski definition) is 0. The van der Waals surface area contributed by atoms with Gasteiger partial charge in [-0.05, 0) is 25.0 Å². The molecule has 0 N–H and O–H groups in total. The second-order valence-electron chi connectivity index (χ2n) is 2.47. The van der Waals surface area contributed by atoms with Crippen LogP contribution in [-0.2, 0) is 0 Å². The van der Waals surface area contributed by atoms with Crippen molar-refractivity contribution in [3.05, 3.63) is 36.1 Å². The van der Waals surface area contributed by atoms with Crippen molar-refractivity contribution in [1.29, 1.82) is 0 Å². The predicted octanol–water partition coefficient (Wildman–Crippen LogP) is 2.48. The second kappa shape index (κ2) is 3.16. The summed E-state index contributed by atoms with van der Waals surface area (Å²) >= 11 is 0. The average molecular weight is 133 g/mol. The van der Waals surface area contributed by atoms with Crippen molar-refractivity contribution in [1.82, 2.24) is 0 Å². The molecule has 0 aliphatic carbocycles. The van der Waals surface area contributed by atoms with Crippen molar-refractivity contribution in [3.8, 4) is 0 Å². The van der Waals surface area contributed by atoms with Crippen LogP contribution in [0, 0.1) is 0 Å². The molecule has 0 saturated carbocycles. The fourth-order valence-corrected chi connectivity index (χ4v) is 0.868. The molecule has 0 aromatic rings. The van der Waals surface area contributed by atoms with Gasteiger partial charge in [-0.2, -0.15) is 0 Å². The first-order valence-corrected chi connectivity index (χ1v) is 3.32. The zero-order valence-electron chi connectivity index (χ0n) is 6.17. The van der Waals surface area contributed by atoms with Crippen molar-refractivity contribution >= 4 is 6.21 Å². The molecular formula is C9H11N. The van der Waals surface area contributed by atoms with E-state index in [1.807, 2.05) is 6.08 Å². The number of allylic oxidation sites excluding steroid dienone is 4. The first kappa shape index (κ1) is 7.00. The van der Waals surface area contributed by atoms with Crippen LogP contribution in [0.15, 0.2) is 41.1 Å². The molecule has 1 nitrogen and oxygen atoms in total. The molecular weight excluding hydrogens is 122 g/mol. The minimum absolute atomic E-state index is 0.938. The Morgan fingerprint density at radius 3 is 3.20 bits per heavy atom. The summed E-state index contributed by atoms with van der Waals surface area (Å²) in [5, 5.41) is 0. The molecule has 0 aromatic carbocycles. The number of hydrogen-bond acceptors (Lipinski definition) is 1. The second-order valence-corrected chi connectivity index (χ2v) is 2.47. The van der Waals surface area contributed by atoms with Gasteiger partial charge in [-0.15, -0.1) is 0 Å². The van der Waals surface area contributed by atoms with Gasteiger partial charge < -0.3 is 0 Å². The molecule has 0 fully saturated rings. The molecule has 1 heterocycles. The van der Waals surface area contributed by atoms with Gasteiger partial charge in [0, 0.05) is 12.4 Å². The monoisotopic (exact) mass is 133 g/mol. The van der Waals surface area contributed by atoms with E-state index in [-0.39, 0.29) is 0 Å². The van der Waals surface area contributed by atoms with Crippen molar-refractivity contribution in [3.63, 3.8) is 0 Å². The third-order valence-corrected chi connectivity index (χ3v) is 1.32. The predicted molar refractivity (Wildman–Crippen MR) is 45.1 cm³/mol. The molecule has 0 saturated heterocycles. The van der Waals surface area contributed by atoms with Crippen molar-refractivity contribution in [2.75, 3.05) is 0 Å². The van der Waals surface area contributed by atoms with E-state index in [1.165, 1.54) is 5.57 Å². The molecule has 0 radical (unpaired) electrons. The lowest BCUT2D eigenvalue weighted by Gasteiger charge is -1.99. The van der Waals surface area contributed by atoms with Gasteiger partial charge in [-0.3, -0.25) is 4.99 Å². The Bertz CT molecular complexity index is 219. The molecule has 10 heavy (non-hydrogen) atoms. The summed E-state index contributed by atoms with van der Waals surface area (Å²) in [4.78, 5) is 4.00. The molecule has 52 valence electrons. The zero-order chi connectivity index (χ0) is 7.40. The summed E-state index contributed by atoms with van der Waals surface area (Å²) in [6, 6.07) is 0. The maximum atomic E-state index is 4.00. The van der Waals surface area contributed by atoms with E-state index in [9.17, 15) is 0 Å². The maximum absolute atomic E-state index is 4.00. The van der Waals surface area contributed by atoms with E-state index in [0.29, 0.717) is 0 Å². The lowest BCUT2D eigenvalue weighted by Crippen LogP contribution is -1.85. The smallest absolute Gasteiger partial charge is 0.0297 e. The topological polar surface area (TPSA) is 12.4 Å². The highest BCUT2D eigenvalue weighted by Gasteiger charge is 1.92. The summed E-state index contributed by atoms with van der Waals surface area (Å²) in [6.07, 6.45) is 8.51. The normalized spacial score (nSPS) is 18.1. The van der Waals surface area contributed by atoms with Gasteiger partial charge in [0.15, 0.2) is 0 Å². The van der Waals surface area contributed by atoms with Crippen LogP contribution in [0.2, 0.25) is 0 Å². The molecule has 0 spiro atoms. The number of nitrogens with zero attached hydrogens (tertiary/aromatic N) is 1. The highest BCUT2D eigenvalue weighted by molar-refractivity contribution is 5.78. The first-order chi connectivity index (χ1) is 4.79. The van der Waals surface area contributed by atoms with Gasteiger partial charge >= 0.3 is 0 Å². The average Bonchev–Trinajstić information content (AvgIpc) is 1.83. The van der Waals surface area contributed by atoms with Gasteiger partial charge in [0.05, 0.1) is 0 Å². The molecule has 1 heteroatoms. The zero-order valence-corrected chi connectivity index (χ0v) is 6.17. The summed E-state index contributed by atoms with van der Waals surface area (Å²) in [5.41, 5.74) is 2.39. The van der Waals surface area contributed by atoms with Crippen LogP contribution in [-0.4, -0.2) is 6.21 Å². The maximum Gasteiger partial charge on any atom is 0.0297 e. The van der Waals surface area contributed by atoms with Crippen LogP contribution in [0.4, 0.5) is 0 Å². The lowest BCUT2D eigenvalue weighted by molar-refractivity contribution is 1.18. The lowest BCUT2D eigenvalue weighted by atomic mass is 10.1. The van der Waals surface area contributed by atoms with Gasteiger partial charge in [-0.1, -0.05) is 18.2 Å². The van der Waals surface area contributed by atoms with E-state index in [2.05, 4.69) is 24.6 Å². The Labute approximate surface area is 61.5 Å². The molecule has 0 aromatic heterocycles. The largest absolute Gasteiger partial charge is 0.264 e. The molecule has 0 amide bonds. The standard InChI is InChI=1S/C9H11N/c1-8-4-3-5-10-7-9(2)6-8/h3-5,7H,2,6H2,1H3. The van der Waals surface area contributed by atoms with E-state index in [0.717, 1.165) is 12.0 Å². The highest BCUT2D eigenvalue weighted by atomic mass is 14.7. The first-order valence-electron chi connectivity index (χ1n) is 3.32. The SMILES string of the molecule is C=C1C=NC=CC=C(C)C1. The van der Waals surface area contributed by atoms with Gasteiger partial charge in [0.2, 0.25) is 0 Å². The molecule has 1 aliphatic heterocycles. The Morgan fingerprint density at radius 1 is 1.60 bits per heavy atom.